The molecule has 2 aliphatic rings. The van der Waals surface area contributed by atoms with Crippen LogP contribution in [0, 0.1) is 5.92 Å². The van der Waals surface area contributed by atoms with Gasteiger partial charge < -0.3 is 21.3 Å². The minimum absolute atomic E-state index is 0.0940. The van der Waals surface area contributed by atoms with Gasteiger partial charge in [0.25, 0.3) is 0 Å². The number of rotatable bonds is 6. The van der Waals surface area contributed by atoms with Gasteiger partial charge in [-0.25, -0.2) is 4.79 Å². The van der Waals surface area contributed by atoms with E-state index in [0.717, 1.165) is 38.3 Å². The van der Waals surface area contributed by atoms with E-state index >= 15 is 0 Å². The van der Waals surface area contributed by atoms with Crippen LogP contribution in [0.5, 0.6) is 0 Å². The lowest BCUT2D eigenvalue weighted by Crippen LogP contribution is -2.52. The fourth-order valence-corrected chi connectivity index (χ4v) is 2.57. The van der Waals surface area contributed by atoms with Gasteiger partial charge in [-0.3, -0.25) is 4.79 Å². The van der Waals surface area contributed by atoms with Crippen LogP contribution in [0.3, 0.4) is 0 Å². The molecule has 0 aromatic heterocycles. The molecule has 0 aromatic rings. The van der Waals surface area contributed by atoms with E-state index in [1.807, 2.05) is 4.90 Å². The smallest absolute Gasteiger partial charge is 0.312 e. The topological polar surface area (TPSA) is 87.5 Å². The minimum Gasteiger partial charge on any atom is -0.352 e. The Hall–Kier alpha value is -1.30. The summed E-state index contributed by atoms with van der Waals surface area (Å²) in [4.78, 5) is 24.8. The van der Waals surface area contributed by atoms with E-state index in [0.29, 0.717) is 13.1 Å². The summed E-state index contributed by atoms with van der Waals surface area (Å²) in [6.45, 7) is 2.60. The van der Waals surface area contributed by atoms with Crippen LogP contribution in [-0.4, -0.2) is 49.1 Å². The molecule has 1 unspecified atom stereocenters. The van der Waals surface area contributed by atoms with Crippen LogP contribution >= 0.6 is 0 Å². The van der Waals surface area contributed by atoms with Crippen LogP contribution in [0.2, 0.25) is 0 Å². The number of nitrogens with zero attached hydrogens (tertiary/aromatic N) is 1. The highest BCUT2D eigenvalue weighted by Gasteiger charge is 2.27. The highest BCUT2D eigenvalue weighted by Crippen LogP contribution is 2.27. The summed E-state index contributed by atoms with van der Waals surface area (Å²) in [5.41, 5.74) is 5.09. The highest BCUT2D eigenvalue weighted by molar-refractivity contribution is 5.79. The van der Waals surface area contributed by atoms with Crippen LogP contribution in [0.15, 0.2) is 0 Å². The third-order valence-electron chi connectivity index (χ3n) is 3.87. The second-order valence-electron chi connectivity index (χ2n) is 5.56. The van der Waals surface area contributed by atoms with Crippen molar-refractivity contribution in [2.75, 3.05) is 26.2 Å². The predicted octanol–water partition coefficient (Wildman–Crippen LogP) is 0.0354. The van der Waals surface area contributed by atoms with Gasteiger partial charge >= 0.3 is 6.03 Å². The summed E-state index contributed by atoms with van der Waals surface area (Å²) < 4.78 is 0. The first-order valence-corrected chi connectivity index (χ1v) is 7.20. The van der Waals surface area contributed by atoms with Gasteiger partial charge in [0, 0.05) is 19.1 Å². The summed E-state index contributed by atoms with van der Waals surface area (Å²) in [6.07, 6.45) is 5.66. The van der Waals surface area contributed by atoms with Crippen molar-refractivity contribution in [3.63, 3.8) is 0 Å². The maximum absolute atomic E-state index is 12.2. The molecule has 3 amide bonds. The van der Waals surface area contributed by atoms with Gasteiger partial charge in [0.2, 0.25) is 5.91 Å². The lowest BCUT2D eigenvalue weighted by molar-refractivity contribution is -0.133. The number of carbonyl (C=O) groups excluding carboxylic acids is 2. The molecule has 1 saturated carbocycles. The Morgan fingerprint density at radius 2 is 1.95 bits per heavy atom. The van der Waals surface area contributed by atoms with Gasteiger partial charge in [-0.05, 0) is 44.6 Å². The maximum Gasteiger partial charge on any atom is 0.312 e. The van der Waals surface area contributed by atoms with Crippen molar-refractivity contribution in [2.45, 2.75) is 38.1 Å². The SMILES string of the molecule is NC(=O)NCC1CCCCN1C(=O)CNCC1CC1. The molecule has 19 heavy (non-hydrogen) atoms. The molecule has 1 aliphatic heterocycles. The van der Waals surface area contributed by atoms with E-state index in [-0.39, 0.29) is 11.9 Å². The van der Waals surface area contributed by atoms with E-state index in [1.165, 1.54) is 12.8 Å². The summed E-state index contributed by atoms with van der Waals surface area (Å²) in [6, 6.07) is -0.429. The molecule has 2 rings (SSSR count). The van der Waals surface area contributed by atoms with Gasteiger partial charge in [0.05, 0.1) is 6.54 Å². The van der Waals surface area contributed by atoms with Gasteiger partial charge in [-0.15, -0.1) is 0 Å². The average molecular weight is 268 g/mol. The molecule has 1 atom stereocenters. The first kappa shape index (κ1) is 14.1. The Balaban J connectivity index is 1.75. The van der Waals surface area contributed by atoms with Crippen molar-refractivity contribution in [3.05, 3.63) is 0 Å². The van der Waals surface area contributed by atoms with Crippen LogP contribution < -0.4 is 16.4 Å². The third kappa shape index (κ3) is 4.70. The van der Waals surface area contributed by atoms with Crippen LogP contribution in [-0.2, 0) is 4.79 Å². The number of urea groups is 1. The Morgan fingerprint density at radius 3 is 2.63 bits per heavy atom. The zero-order valence-corrected chi connectivity index (χ0v) is 11.4. The molecule has 108 valence electrons. The lowest BCUT2D eigenvalue weighted by atomic mass is 10.0. The first-order valence-electron chi connectivity index (χ1n) is 7.20. The fraction of sp³-hybridized carbons (Fsp3) is 0.846. The number of hydrogen-bond acceptors (Lipinski definition) is 3. The molecule has 1 heterocycles. The van der Waals surface area contributed by atoms with Gasteiger partial charge in [0.1, 0.15) is 0 Å². The Bertz CT molecular complexity index is 331. The molecule has 6 nitrogen and oxygen atoms in total. The van der Waals surface area contributed by atoms with Crippen LogP contribution in [0.4, 0.5) is 4.79 Å². The van der Waals surface area contributed by atoms with Gasteiger partial charge in [0.15, 0.2) is 0 Å². The maximum atomic E-state index is 12.2. The van der Waals surface area contributed by atoms with E-state index < -0.39 is 6.03 Å². The van der Waals surface area contributed by atoms with Crippen molar-refractivity contribution in [1.82, 2.24) is 15.5 Å². The average Bonchev–Trinajstić information content (AvgIpc) is 3.20. The quantitative estimate of drug-likeness (QED) is 0.635. The van der Waals surface area contributed by atoms with E-state index in [4.69, 9.17) is 5.73 Å². The molecule has 0 radical (unpaired) electrons. The summed E-state index contributed by atoms with van der Waals surface area (Å²) in [5, 5.41) is 5.84. The molecular formula is C13H24N4O2. The molecule has 1 aliphatic carbocycles. The Labute approximate surface area is 114 Å². The van der Waals surface area contributed by atoms with E-state index in [9.17, 15) is 9.59 Å². The molecular weight excluding hydrogens is 244 g/mol. The third-order valence-corrected chi connectivity index (χ3v) is 3.87. The van der Waals surface area contributed by atoms with E-state index in [2.05, 4.69) is 10.6 Å². The second kappa shape index (κ2) is 6.75. The largest absolute Gasteiger partial charge is 0.352 e. The van der Waals surface area contributed by atoms with Gasteiger partial charge in [-0.2, -0.15) is 0 Å². The highest BCUT2D eigenvalue weighted by atomic mass is 16.2. The zero-order chi connectivity index (χ0) is 13.7. The molecule has 2 fully saturated rings. The van der Waals surface area contributed by atoms with E-state index in [1.54, 1.807) is 0 Å². The first-order chi connectivity index (χ1) is 9.16. The molecule has 4 N–H and O–H groups in total. The monoisotopic (exact) mass is 268 g/mol. The Kier molecular flexibility index (Phi) is 5.01. The number of nitrogens with one attached hydrogen (secondary N) is 2. The zero-order valence-electron chi connectivity index (χ0n) is 11.4. The van der Waals surface area contributed by atoms with Gasteiger partial charge in [-0.1, -0.05) is 0 Å². The second-order valence-corrected chi connectivity index (χ2v) is 5.56. The number of amides is 3. The Morgan fingerprint density at radius 1 is 1.16 bits per heavy atom. The number of nitrogens with two attached hydrogens (primary N) is 1. The van der Waals surface area contributed by atoms with Crippen molar-refractivity contribution >= 4 is 11.9 Å². The number of likely N-dealkylation sites (tertiary alicyclic amines) is 1. The number of hydrogen-bond donors (Lipinski definition) is 3. The van der Waals surface area contributed by atoms with Crippen molar-refractivity contribution in [2.24, 2.45) is 11.7 Å². The molecule has 0 aromatic carbocycles. The standard InChI is InChI=1S/C13H24N4O2/c14-13(19)16-8-11-3-1-2-6-17(11)12(18)9-15-7-10-4-5-10/h10-11,15H,1-9H2,(H3,14,16,19). The summed E-state index contributed by atoms with van der Waals surface area (Å²) in [7, 11) is 0. The van der Waals surface area contributed by atoms with Crippen molar-refractivity contribution in [3.8, 4) is 0 Å². The normalized spacial score (nSPS) is 23.2. The number of primary amides is 1. The predicted molar refractivity (Wildman–Crippen MR) is 72.5 cm³/mol. The van der Waals surface area contributed by atoms with Crippen molar-refractivity contribution in [1.29, 1.82) is 0 Å². The van der Waals surface area contributed by atoms with Crippen molar-refractivity contribution < 1.29 is 9.59 Å². The lowest BCUT2D eigenvalue weighted by Gasteiger charge is -2.36. The summed E-state index contributed by atoms with van der Waals surface area (Å²) >= 11 is 0. The number of piperidine rings is 1. The van der Waals surface area contributed by atoms with Crippen LogP contribution in [0.1, 0.15) is 32.1 Å². The minimum atomic E-state index is -0.523. The summed E-state index contributed by atoms with van der Waals surface area (Å²) in [5.74, 6) is 0.915. The molecule has 6 heteroatoms. The number of carbonyl (C=O) groups is 2. The molecule has 1 saturated heterocycles. The fourth-order valence-electron chi connectivity index (χ4n) is 2.57. The van der Waals surface area contributed by atoms with Crippen LogP contribution in [0.25, 0.3) is 0 Å². The molecule has 0 bridgehead atoms. The molecule has 0 spiro atoms.